The molecule has 0 saturated carbocycles. The van der Waals surface area contributed by atoms with Crippen LogP contribution in [-0.4, -0.2) is 21.4 Å². The summed E-state index contributed by atoms with van der Waals surface area (Å²) in [7, 11) is 0. The van der Waals surface area contributed by atoms with Crippen molar-refractivity contribution in [2.75, 3.05) is 0 Å². The van der Waals surface area contributed by atoms with Gasteiger partial charge in [0.15, 0.2) is 11.5 Å². The number of rotatable bonds is 2. The zero-order valence-corrected chi connectivity index (χ0v) is 14.4. The number of alkyl halides is 2. The largest absolute Gasteiger partial charge is 0.494 e. The molecule has 0 fully saturated rings. The van der Waals surface area contributed by atoms with Gasteiger partial charge < -0.3 is 9.99 Å². The van der Waals surface area contributed by atoms with Gasteiger partial charge in [-0.15, -0.1) is 4.89 Å². The molecule has 1 aliphatic heterocycles. The molecule has 1 N–H and O–H groups in total. The number of aromatic hydroxyl groups is 1. The zero-order chi connectivity index (χ0) is 19.5. The lowest BCUT2D eigenvalue weighted by Gasteiger charge is -2.05. The number of ketones is 1. The second kappa shape index (κ2) is 5.77. The van der Waals surface area contributed by atoms with Gasteiger partial charge in [-0.3, -0.25) is 9.59 Å². The van der Waals surface area contributed by atoms with Crippen molar-refractivity contribution in [3.05, 3.63) is 58.1 Å². The minimum Gasteiger partial charge on any atom is -0.494 e. The van der Waals surface area contributed by atoms with Crippen molar-refractivity contribution in [3.63, 3.8) is 0 Å². The number of fused-ring (bicyclic) bond motifs is 2. The molecule has 2 aromatic carbocycles. The van der Waals surface area contributed by atoms with Crippen LogP contribution in [0.5, 0.6) is 11.6 Å². The second-order valence-electron chi connectivity index (χ2n) is 5.94. The maximum Gasteiger partial charge on any atom is 0.421 e. The maximum absolute atomic E-state index is 13.5. The molecule has 0 amide bonds. The summed E-state index contributed by atoms with van der Waals surface area (Å²) < 4.78 is 27.9. The van der Waals surface area contributed by atoms with Gasteiger partial charge >= 0.3 is 6.11 Å². The van der Waals surface area contributed by atoms with Crippen LogP contribution in [0.1, 0.15) is 33.2 Å². The van der Waals surface area contributed by atoms with Crippen molar-refractivity contribution in [2.24, 2.45) is 0 Å². The minimum atomic E-state index is -3.61. The van der Waals surface area contributed by atoms with E-state index in [1.165, 1.54) is 31.2 Å². The first-order chi connectivity index (χ1) is 12.7. The molecule has 6 nitrogen and oxygen atoms in total. The van der Waals surface area contributed by atoms with Crippen molar-refractivity contribution in [1.82, 2.24) is 4.57 Å². The van der Waals surface area contributed by atoms with E-state index in [2.05, 4.69) is 9.78 Å². The molecule has 138 valence electrons. The molecule has 0 unspecified atom stereocenters. The first-order valence-electron chi connectivity index (χ1n) is 7.67. The Morgan fingerprint density at radius 1 is 1.19 bits per heavy atom. The molecule has 3 aromatic rings. The van der Waals surface area contributed by atoms with Gasteiger partial charge in [0, 0.05) is 22.9 Å². The molecular weight excluding hydrogens is 384 g/mol. The van der Waals surface area contributed by atoms with Crippen LogP contribution < -0.4 is 4.89 Å². The molecule has 1 aromatic heterocycles. The third-order valence-electron chi connectivity index (χ3n) is 4.24. The van der Waals surface area contributed by atoms with E-state index in [-0.39, 0.29) is 22.4 Å². The van der Waals surface area contributed by atoms with E-state index in [1.54, 1.807) is 0 Å². The third-order valence-corrected chi connectivity index (χ3v) is 4.48. The molecule has 0 spiro atoms. The molecule has 27 heavy (non-hydrogen) atoms. The summed E-state index contributed by atoms with van der Waals surface area (Å²) in [6, 6.07) is 7.70. The number of carbonyl (C=O) groups excluding carboxylic acids is 2. The van der Waals surface area contributed by atoms with Crippen LogP contribution in [0.3, 0.4) is 0 Å². The Hall–Kier alpha value is -2.97. The highest BCUT2D eigenvalue weighted by molar-refractivity contribution is 6.31. The van der Waals surface area contributed by atoms with Crippen LogP contribution >= 0.6 is 11.6 Å². The number of hydrogen-bond donors (Lipinski definition) is 1. The molecule has 4 rings (SSSR count). The van der Waals surface area contributed by atoms with E-state index >= 15 is 0 Å². The Balaban J connectivity index is 1.90. The monoisotopic (exact) mass is 393 g/mol. The first kappa shape index (κ1) is 17.4. The highest BCUT2D eigenvalue weighted by Gasteiger charge is 2.44. The maximum atomic E-state index is 13.5. The van der Waals surface area contributed by atoms with E-state index in [4.69, 9.17) is 11.6 Å². The highest BCUT2D eigenvalue weighted by atomic mass is 35.5. The molecule has 1 aliphatic rings. The molecule has 0 aliphatic carbocycles. The van der Waals surface area contributed by atoms with Crippen LogP contribution in [-0.2, 0) is 11.0 Å². The van der Waals surface area contributed by atoms with Crippen molar-refractivity contribution < 1.29 is 33.3 Å². The van der Waals surface area contributed by atoms with Gasteiger partial charge in [0.1, 0.15) is 5.56 Å². The van der Waals surface area contributed by atoms with Crippen molar-refractivity contribution in [2.45, 2.75) is 13.0 Å². The topological polar surface area (TPSA) is 77.8 Å². The lowest BCUT2D eigenvalue weighted by molar-refractivity contribution is -0.376. The van der Waals surface area contributed by atoms with E-state index < -0.39 is 29.2 Å². The Bertz CT molecular complexity index is 1140. The molecule has 0 saturated heterocycles. The standard InChI is InChI=1S/C18H10ClF2NO5/c1-8(23)22-13-7-10(19)3-4-11(13)15(17(22)25)16(24)9-2-5-12-14(6-9)26-27-18(12,20)21/h2-7,25H,1H3. The van der Waals surface area contributed by atoms with E-state index in [0.29, 0.717) is 10.4 Å². The van der Waals surface area contributed by atoms with Crippen molar-refractivity contribution in [1.29, 1.82) is 0 Å². The van der Waals surface area contributed by atoms with E-state index in [9.17, 15) is 23.5 Å². The average Bonchev–Trinajstić information content (AvgIpc) is 3.06. The average molecular weight is 394 g/mol. The number of carbonyl (C=O) groups is 2. The smallest absolute Gasteiger partial charge is 0.421 e. The molecular formula is C18H10ClF2NO5. The van der Waals surface area contributed by atoms with Gasteiger partial charge in [-0.1, -0.05) is 23.7 Å². The van der Waals surface area contributed by atoms with Gasteiger partial charge in [-0.2, -0.15) is 8.78 Å². The van der Waals surface area contributed by atoms with Crippen LogP contribution in [0.4, 0.5) is 8.78 Å². The van der Waals surface area contributed by atoms with Crippen molar-refractivity contribution >= 4 is 34.2 Å². The third kappa shape index (κ3) is 2.56. The van der Waals surface area contributed by atoms with Gasteiger partial charge in [0.25, 0.3) is 0 Å². The van der Waals surface area contributed by atoms with Crippen LogP contribution in [0.25, 0.3) is 10.9 Å². The Labute approximate surface area is 155 Å². The van der Waals surface area contributed by atoms with Gasteiger partial charge in [0.05, 0.1) is 11.1 Å². The van der Waals surface area contributed by atoms with Crippen LogP contribution in [0, 0.1) is 0 Å². The predicted octanol–water partition coefficient (Wildman–Crippen LogP) is 4.26. The molecule has 2 heterocycles. The fourth-order valence-corrected chi connectivity index (χ4v) is 3.22. The van der Waals surface area contributed by atoms with Crippen LogP contribution in [0.2, 0.25) is 5.02 Å². The van der Waals surface area contributed by atoms with E-state index in [1.807, 2.05) is 0 Å². The molecule has 0 bridgehead atoms. The summed E-state index contributed by atoms with van der Waals surface area (Å²) in [5, 5.41) is 11.1. The minimum absolute atomic E-state index is 0.0251. The van der Waals surface area contributed by atoms with E-state index in [0.717, 1.165) is 16.7 Å². The zero-order valence-electron chi connectivity index (χ0n) is 13.6. The number of halogens is 3. The van der Waals surface area contributed by atoms with Crippen LogP contribution in [0.15, 0.2) is 36.4 Å². The lowest BCUT2D eigenvalue weighted by atomic mass is 10.0. The molecule has 0 radical (unpaired) electrons. The predicted molar refractivity (Wildman–Crippen MR) is 90.4 cm³/mol. The quantitative estimate of drug-likeness (QED) is 0.520. The van der Waals surface area contributed by atoms with Gasteiger partial charge in [0.2, 0.25) is 11.8 Å². The lowest BCUT2D eigenvalue weighted by Crippen LogP contribution is -2.11. The second-order valence-corrected chi connectivity index (χ2v) is 6.37. The summed E-state index contributed by atoms with van der Waals surface area (Å²) in [5.41, 5.74) is -0.435. The highest BCUT2D eigenvalue weighted by Crippen LogP contribution is 2.43. The summed E-state index contributed by atoms with van der Waals surface area (Å²) >= 11 is 5.95. The number of benzene rings is 2. The van der Waals surface area contributed by atoms with Gasteiger partial charge in [-0.05, 0) is 24.3 Å². The Kier molecular flexibility index (Phi) is 3.72. The number of hydrogen-bond acceptors (Lipinski definition) is 5. The fourth-order valence-electron chi connectivity index (χ4n) is 3.05. The molecule has 9 heteroatoms. The SMILES string of the molecule is CC(=O)n1c(O)c(C(=O)c2ccc3c(c2)OOC3(F)F)c2ccc(Cl)cc21. The normalized spacial score (nSPS) is 14.8. The number of aromatic nitrogens is 1. The van der Waals surface area contributed by atoms with Crippen molar-refractivity contribution in [3.8, 4) is 11.6 Å². The molecule has 0 atom stereocenters. The summed E-state index contributed by atoms with van der Waals surface area (Å²) in [6.07, 6.45) is -3.61. The Morgan fingerprint density at radius 3 is 2.63 bits per heavy atom. The Morgan fingerprint density at radius 2 is 1.93 bits per heavy atom. The summed E-state index contributed by atoms with van der Waals surface area (Å²) in [5.74, 6) is -2.07. The van der Waals surface area contributed by atoms with Gasteiger partial charge in [-0.25, -0.2) is 4.57 Å². The summed E-state index contributed by atoms with van der Waals surface area (Å²) in [6.45, 7) is 1.22. The number of nitrogens with zero attached hydrogens (tertiary/aromatic N) is 1. The fraction of sp³-hybridized carbons (Fsp3) is 0.111. The first-order valence-corrected chi connectivity index (χ1v) is 8.05. The summed E-state index contributed by atoms with van der Waals surface area (Å²) in [4.78, 5) is 33.3.